The molecule has 1 aromatic rings. The van der Waals surface area contributed by atoms with Crippen LogP contribution in [0.2, 0.25) is 0 Å². The molecule has 2 N–H and O–H groups in total. The monoisotopic (exact) mass is 217 g/mol. The van der Waals surface area contributed by atoms with Crippen LogP contribution >= 0.6 is 12.4 Å². The molecule has 0 amide bonds. The number of anilines is 1. The Balaban J connectivity index is 0.000000980. The molecule has 14 heavy (non-hydrogen) atoms. The van der Waals surface area contributed by atoms with Crippen LogP contribution in [0.15, 0.2) is 18.3 Å². The normalized spacial score (nSPS) is 20.7. The summed E-state index contributed by atoms with van der Waals surface area (Å²) in [5.74, 6) is -0.438. The summed E-state index contributed by atoms with van der Waals surface area (Å²) >= 11 is 0. The molecule has 3 nitrogen and oxygen atoms in total. The van der Waals surface area contributed by atoms with Gasteiger partial charge in [-0.25, -0.2) is 4.98 Å². The Labute approximate surface area is 88.5 Å². The fourth-order valence-corrected chi connectivity index (χ4v) is 1.58. The van der Waals surface area contributed by atoms with Crippen LogP contribution in [-0.2, 0) is 0 Å². The third-order valence-electron chi connectivity index (χ3n) is 2.30. The lowest BCUT2D eigenvalue weighted by Gasteiger charge is -2.16. The van der Waals surface area contributed by atoms with E-state index >= 15 is 0 Å². The molecule has 2 heterocycles. The molecule has 1 aromatic heterocycles. The predicted molar refractivity (Wildman–Crippen MR) is 56.2 cm³/mol. The van der Waals surface area contributed by atoms with Gasteiger partial charge in [0, 0.05) is 19.1 Å². The van der Waals surface area contributed by atoms with E-state index in [1.54, 1.807) is 12.3 Å². The molecule has 0 aromatic carbocycles. The summed E-state index contributed by atoms with van der Waals surface area (Å²) in [7, 11) is 0. The summed E-state index contributed by atoms with van der Waals surface area (Å²) in [6, 6.07) is 3.35. The molecule has 0 bridgehead atoms. The summed E-state index contributed by atoms with van der Waals surface area (Å²) < 4.78 is 12.5. The van der Waals surface area contributed by atoms with Crippen molar-refractivity contribution in [2.24, 2.45) is 5.73 Å². The van der Waals surface area contributed by atoms with Crippen LogP contribution in [0.3, 0.4) is 0 Å². The maximum absolute atomic E-state index is 12.5. The molecule has 1 aliphatic heterocycles. The first-order chi connectivity index (χ1) is 6.25. The Morgan fingerprint density at radius 3 is 2.79 bits per heavy atom. The Bertz CT molecular complexity index is 291. The number of hydrogen-bond acceptors (Lipinski definition) is 3. The van der Waals surface area contributed by atoms with Gasteiger partial charge in [0.05, 0.1) is 11.9 Å². The Morgan fingerprint density at radius 2 is 2.29 bits per heavy atom. The molecule has 0 unspecified atom stereocenters. The highest BCUT2D eigenvalue weighted by Crippen LogP contribution is 2.18. The van der Waals surface area contributed by atoms with Gasteiger partial charge in [0.15, 0.2) is 0 Å². The highest BCUT2D eigenvalue weighted by Gasteiger charge is 2.19. The molecule has 1 atom stereocenters. The zero-order valence-corrected chi connectivity index (χ0v) is 8.51. The van der Waals surface area contributed by atoms with Crippen molar-refractivity contribution in [1.29, 1.82) is 0 Å². The average molecular weight is 218 g/mol. The largest absolute Gasteiger partial charge is 0.369 e. The van der Waals surface area contributed by atoms with E-state index < -0.39 is 5.95 Å². The highest BCUT2D eigenvalue weighted by molar-refractivity contribution is 5.85. The fourth-order valence-electron chi connectivity index (χ4n) is 1.58. The smallest absolute Gasteiger partial charge is 0.212 e. The van der Waals surface area contributed by atoms with E-state index in [1.807, 2.05) is 0 Å². The van der Waals surface area contributed by atoms with E-state index in [1.165, 1.54) is 6.07 Å². The van der Waals surface area contributed by atoms with Crippen LogP contribution in [0.1, 0.15) is 6.42 Å². The maximum atomic E-state index is 12.5. The van der Waals surface area contributed by atoms with Gasteiger partial charge in [-0.3, -0.25) is 0 Å². The van der Waals surface area contributed by atoms with E-state index in [2.05, 4.69) is 9.88 Å². The van der Waals surface area contributed by atoms with Crippen molar-refractivity contribution in [3.63, 3.8) is 0 Å². The van der Waals surface area contributed by atoms with Crippen LogP contribution in [0.4, 0.5) is 10.1 Å². The molecule has 2 rings (SSSR count). The van der Waals surface area contributed by atoms with Gasteiger partial charge in [-0.05, 0) is 18.6 Å². The zero-order chi connectivity index (χ0) is 9.26. The highest BCUT2D eigenvalue weighted by atomic mass is 35.5. The van der Waals surface area contributed by atoms with Crippen molar-refractivity contribution in [2.75, 3.05) is 18.0 Å². The number of aromatic nitrogens is 1. The topological polar surface area (TPSA) is 42.1 Å². The quantitative estimate of drug-likeness (QED) is 0.719. The van der Waals surface area contributed by atoms with Crippen molar-refractivity contribution in [3.05, 3.63) is 24.3 Å². The molecule has 1 aliphatic rings. The van der Waals surface area contributed by atoms with Crippen molar-refractivity contribution < 1.29 is 4.39 Å². The van der Waals surface area contributed by atoms with Gasteiger partial charge in [0.2, 0.25) is 5.95 Å². The Kier molecular flexibility index (Phi) is 3.66. The minimum Gasteiger partial charge on any atom is -0.369 e. The third kappa shape index (κ3) is 2.33. The summed E-state index contributed by atoms with van der Waals surface area (Å²) in [5.41, 5.74) is 6.71. The summed E-state index contributed by atoms with van der Waals surface area (Å²) in [4.78, 5) is 5.72. The van der Waals surface area contributed by atoms with Gasteiger partial charge < -0.3 is 10.6 Å². The summed E-state index contributed by atoms with van der Waals surface area (Å²) in [6.45, 7) is 1.78. The van der Waals surface area contributed by atoms with Crippen LogP contribution < -0.4 is 10.6 Å². The van der Waals surface area contributed by atoms with E-state index in [0.29, 0.717) is 0 Å². The predicted octanol–water partition coefficient (Wildman–Crippen LogP) is 1.18. The zero-order valence-electron chi connectivity index (χ0n) is 7.69. The lowest BCUT2D eigenvalue weighted by molar-refractivity contribution is 0.583. The SMILES string of the molecule is Cl.N[C@H]1CCN(c2ccc(F)nc2)C1. The Hall–Kier alpha value is -0.870. The molecular weight excluding hydrogens is 205 g/mol. The molecule has 78 valence electrons. The first-order valence-electron chi connectivity index (χ1n) is 4.38. The van der Waals surface area contributed by atoms with Crippen LogP contribution in [0, 0.1) is 5.95 Å². The molecule has 0 aliphatic carbocycles. The molecule has 1 saturated heterocycles. The number of pyridine rings is 1. The first kappa shape index (κ1) is 11.2. The van der Waals surface area contributed by atoms with Crippen LogP contribution in [0.5, 0.6) is 0 Å². The molecule has 0 radical (unpaired) electrons. The van der Waals surface area contributed by atoms with Gasteiger partial charge in [-0.2, -0.15) is 4.39 Å². The second kappa shape index (κ2) is 4.57. The molecule has 1 fully saturated rings. The number of nitrogens with zero attached hydrogens (tertiary/aromatic N) is 2. The molecule has 5 heteroatoms. The van der Waals surface area contributed by atoms with Crippen LogP contribution in [-0.4, -0.2) is 24.1 Å². The second-order valence-corrected chi connectivity index (χ2v) is 3.33. The first-order valence-corrected chi connectivity index (χ1v) is 4.38. The maximum Gasteiger partial charge on any atom is 0.212 e. The van der Waals surface area contributed by atoms with Crippen molar-refractivity contribution in [1.82, 2.24) is 4.98 Å². The Morgan fingerprint density at radius 1 is 1.50 bits per heavy atom. The second-order valence-electron chi connectivity index (χ2n) is 3.33. The summed E-state index contributed by atoms with van der Waals surface area (Å²) in [5, 5.41) is 0. The lowest BCUT2D eigenvalue weighted by Crippen LogP contribution is -2.26. The van der Waals surface area contributed by atoms with E-state index in [4.69, 9.17) is 5.73 Å². The van der Waals surface area contributed by atoms with E-state index in [-0.39, 0.29) is 18.4 Å². The molecular formula is C9H13ClFN3. The minimum atomic E-state index is -0.438. The lowest BCUT2D eigenvalue weighted by atomic mass is 10.3. The number of rotatable bonds is 1. The standard InChI is InChI=1S/C9H12FN3.ClH/c10-9-2-1-8(5-12-9)13-4-3-7(11)6-13;/h1-2,5,7H,3-4,6,11H2;1H/t7-;/m0./s1. The van der Waals surface area contributed by atoms with Gasteiger partial charge >= 0.3 is 0 Å². The number of nitrogens with two attached hydrogens (primary N) is 1. The number of hydrogen-bond donors (Lipinski definition) is 1. The number of halogens is 2. The van der Waals surface area contributed by atoms with Crippen LogP contribution in [0.25, 0.3) is 0 Å². The van der Waals surface area contributed by atoms with Gasteiger partial charge in [0.25, 0.3) is 0 Å². The fraction of sp³-hybridized carbons (Fsp3) is 0.444. The van der Waals surface area contributed by atoms with Crippen molar-refractivity contribution in [2.45, 2.75) is 12.5 Å². The molecule has 0 saturated carbocycles. The third-order valence-corrected chi connectivity index (χ3v) is 2.30. The van der Waals surface area contributed by atoms with E-state index in [9.17, 15) is 4.39 Å². The van der Waals surface area contributed by atoms with Gasteiger partial charge in [-0.1, -0.05) is 0 Å². The van der Waals surface area contributed by atoms with Crippen molar-refractivity contribution in [3.8, 4) is 0 Å². The van der Waals surface area contributed by atoms with Gasteiger partial charge in [-0.15, -0.1) is 12.4 Å². The average Bonchev–Trinajstić information content (AvgIpc) is 2.53. The van der Waals surface area contributed by atoms with Gasteiger partial charge in [0.1, 0.15) is 0 Å². The molecule has 0 spiro atoms. The van der Waals surface area contributed by atoms with E-state index in [0.717, 1.165) is 25.2 Å². The summed E-state index contributed by atoms with van der Waals surface area (Å²) in [6.07, 6.45) is 2.55. The minimum absolute atomic E-state index is 0. The van der Waals surface area contributed by atoms with Crippen molar-refractivity contribution >= 4 is 18.1 Å².